The average molecular weight is 377 g/mol. The summed E-state index contributed by atoms with van der Waals surface area (Å²) in [5, 5.41) is 9.02. The highest BCUT2D eigenvalue weighted by molar-refractivity contribution is 5.79. The lowest BCUT2D eigenvalue weighted by Gasteiger charge is -2.29. The van der Waals surface area contributed by atoms with Crippen molar-refractivity contribution in [3.63, 3.8) is 0 Å². The molecule has 1 aliphatic rings. The summed E-state index contributed by atoms with van der Waals surface area (Å²) >= 11 is 0. The van der Waals surface area contributed by atoms with Crippen LogP contribution in [-0.2, 0) is 12.0 Å². The maximum absolute atomic E-state index is 12.5. The molecular weight excluding hydrogens is 350 g/mol. The van der Waals surface area contributed by atoms with Crippen molar-refractivity contribution in [1.29, 1.82) is 5.41 Å². The Kier molecular flexibility index (Phi) is 4.57. The Hall–Kier alpha value is -2.89. The molecule has 1 aliphatic heterocycles. The monoisotopic (exact) mass is 377 g/mol. The third-order valence-corrected chi connectivity index (χ3v) is 5.38. The molecule has 0 amide bonds. The minimum atomic E-state index is -0.291. The van der Waals surface area contributed by atoms with Gasteiger partial charge in [0, 0.05) is 42.2 Å². The predicted molar refractivity (Wildman–Crippen MR) is 112 cm³/mol. The van der Waals surface area contributed by atoms with Crippen LogP contribution in [0.3, 0.4) is 0 Å². The Bertz CT molecular complexity index is 1070. The van der Waals surface area contributed by atoms with Gasteiger partial charge in [-0.3, -0.25) is 9.98 Å². The van der Waals surface area contributed by atoms with Gasteiger partial charge in [0.2, 0.25) is 0 Å². The van der Waals surface area contributed by atoms with Gasteiger partial charge in [0.25, 0.3) is 0 Å². The SMILES string of the molecule is CC(C)(C)c1cc2cn(-c3ccc(CN4CCCCC4=N)cc3)c(=O)nc2[nH]1. The number of nitrogens with one attached hydrogen (secondary N) is 2. The van der Waals surface area contributed by atoms with Gasteiger partial charge in [0.1, 0.15) is 5.65 Å². The highest BCUT2D eigenvalue weighted by atomic mass is 16.1. The second-order valence-electron chi connectivity index (χ2n) is 8.62. The largest absolute Gasteiger partial charge is 0.356 e. The lowest BCUT2D eigenvalue weighted by atomic mass is 9.92. The summed E-state index contributed by atoms with van der Waals surface area (Å²) in [4.78, 5) is 22.2. The molecule has 0 atom stereocenters. The number of aromatic amines is 1. The van der Waals surface area contributed by atoms with E-state index in [9.17, 15) is 4.79 Å². The molecule has 6 nitrogen and oxygen atoms in total. The van der Waals surface area contributed by atoms with Crippen LogP contribution in [0.15, 0.2) is 41.3 Å². The molecule has 1 fully saturated rings. The molecule has 1 saturated heterocycles. The highest BCUT2D eigenvalue weighted by Crippen LogP contribution is 2.24. The molecule has 0 saturated carbocycles. The summed E-state index contributed by atoms with van der Waals surface area (Å²) in [7, 11) is 0. The summed E-state index contributed by atoms with van der Waals surface area (Å²) < 4.78 is 1.59. The van der Waals surface area contributed by atoms with Crippen molar-refractivity contribution >= 4 is 16.9 Å². The van der Waals surface area contributed by atoms with Crippen molar-refractivity contribution in [2.45, 2.75) is 52.0 Å². The fraction of sp³-hybridized carbons (Fsp3) is 0.409. The van der Waals surface area contributed by atoms with E-state index in [0.717, 1.165) is 60.5 Å². The Balaban J connectivity index is 1.61. The molecule has 3 aromatic rings. The molecule has 3 heterocycles. The van der Waals surface area contributed by atoms with Crippen LogP contribution in [0.5, 0.6) is 0 Å². The van der Waals surface area contributed by atoms with Crippen LogP contribution in [0.25, 0.3) is 16.7 Å². The molecule has 6 heteroatoms. The molecule has 1 aromatic carbocycles. The fourth-order valence-corrected chi connectivity index (χ4v) is 3.63. The maximum atomic E-state index is 12.5. The first-order valence-corrected chi connectivity index (χ1v) is 9.86. The van der Waals surface area contributed by atoms with Crippen LogP contribution in [-0.4, -0.2) is 31.8 Å². The summed E-state index contributed by atoms with van der Waals surface area (Å²) in [5.41, 5.74) is 3.32. The molecule has 0 unspecified atom stereocenters. The van der Waals surface area contributed by atoms with Crippen molar-refractivity contribution in [2.24, 2.45) is 0 Å². The number of benzene rings is 1. The van der Waals surface area contributed by atoms with Gasteiger partial charge in [-0.15, -0.1) is 0 Å². The standard InChI is InChI=1S/C22H27N5O/c1-22(2,3)18-12-16-14-27(21(28)25-20(16)24-18)17-9-7-15(8-10-17)13-26-11-5-4-6-19(26)23/h7-10,12,14,23H,4-6,11,13H2,1-3H3,(H,24,25,28). The van der Waals surface area contributed by atoms with E-state index in [1.807, 2.05) is 30.5 Å². The third kappa shape index (κ3) is 3.59. The zero-order chi connectivity index (χ0) is 19.9. The second kappa shape index (κ2) is 6.93. The van der Waals surface area contributed by atoms with Crippen LogP contribution in [0.4, 0.5) is 0 Å². The predicted octanol–water partition coefficient (Wildman–Crippen LogP) is 3.97. The number of hydrogen-bond acceptors (Lipinski definition) is 3. The van der Waals surface area contributed by atoms with Gasteiger partial charge in [-0.2, -0.15) is 4.98 Å². The number of hydrogen-bond donors (Lipinski definition) is 2. The normalized spacial score (nSPS) is 15.4. The first-order valence-electron chi connectivity index (χ1n) is 9.86. The smallest absolute Gasteiger partial charge is 0.354 e. The number of rotatable bonds is 3. The van der Waals surface area contributed by atoms with E-state index in [0.29, 0.717) is 5.65 Å². The molecule has 146 valence electrons. The molecule has 4 rings (SSSR count). The van der Waals surface area contributed by atoms with Crippen molar-refractivity contribution in [3.05, 3.63) is 58.3 Å². The fourth-order valence-electron chi connectivity index (χ4n) is 3.63. The van der Waals surface area contributed by atoms with Gasteiger partial charge in [-0.05, 0) is 36.6 Å². The van der Waals surface area contributed by atoms with Gasteiger partial charge in [-0.25, -0.2) is 4.79 Å². The van der Waals surface area contributed by atoms with Crippen molar-refractivity contribution in [3.8, 4) is 5.69 Å². The first-order chi connectivity index (χ1) is 13.3. The minimum Gasteiger partial charge on any atom is -0.356 e. The molecule has 0 bridgehead atoms. The summed E-state index contributed by atoms with van der Waals surface area (Å²) in [6.45, 7) is 8.09. The van der Waals surface area contributed by atoms with Gasteiger partial charge >= 0.3 is 5.69 Å². The van der Waals surface area contributed by atoms with Crippen LogP contribution < -0.4 is 5.69 Å². The van der Waals surface area contributed by atoms with Gasteiger partial charge in [0.15, 0.2) is 0 Å². The third-order valence-electron chi connectivity index (χ3n) is 5.38. The van der Waals surface area contributed by atoms with E-state index in [1.165, 1.54) is 0 Å². The molecule has 28 heavy (non-hydrogen) atoms. The number of nitrogens with zero attached hydrogens (tertiary/aromatic N) is 3. The Morgan fingerprint density at radius 1 is 1.18 bits per heavy atom. The van der Waals surface area contributed by atoms with Crippen LogP contribution >= 0.6 is 0 Å². The summed E-state index contributed by atoms with van der Waals surface area (Å²) in [6, 6.07) is 10.0. The van der Waals surface area contributed by atoms with Gasteiger partial charge in [-0.1, -0.05) is 32.9 Å². The topological polar surface area (TPSA) is 77.8 Å². The van der Waals surface area contributed by atoms with E-state index in [2.05, 4.69) is 41.7 Å². The van der Waals surface area contributed by atoms with Crippen LogP contribution in [0.2, 0.25) is 0 Å². The Labute approximate surface area is 164 Å². The van der Waals surface area contributed by atoms with Crippen molar-refractivity contribution < 1.29 is 0 Å². The van der Waals surface area contributed by atoms with Crippen LogP contribution in [0.1, 0.15) is 51.3 Å². The molecule has 2 N–H and O–H groups in total. The summed E-state index contributed by atoms with van der Waals surface area (Å²) in [5.74, 6) is 0.725. The number of amidine groups is 1. The average Bonchev–Trinajstić information content (AvgIpc) is 3.07. The quantitative estimate of drug-likeness (QED) is 0.725. The molecule has 0 radical (unpaired) electrons. The van der Waals surface area contributed by atoms with Gasteiger partial charge in [0.05, 0.1) is 11.5 Å². The summed E-state index contributed by atoms with van der Waals surface area (Å²) in [6.07, 6.45) is 4.98. The number of H-pyrrole nitrogens is 1. The van der Waals surface area contributed by atoms with E-state index in [-0.39, 0.29) is 11.1 Å². The lowest BCUT2D eigenvalue weighted by Crippen LogP contribution is -2.34. The van der Waals surface area contributed by atoms with E-state index < -0.39 is 0 Å². The molecule has 2 aromatic heterocycles. The molecular formula is C22H27N5O. The Morgan fingerprint density at radius 2 is 1.93 bits per heavy atom. The second-order valence-corrected chi connectivity index (χ2v) is 8.62. The zero-order valence-corrected chi connectivity index (χ0v) is 16.7. The minimum absolute atomic E-state index is 0.0294. The van der Waals surface area contributed by atoms with Crippen molar-refractivity contribution in [1.82, 2.24) is 19.4 Å². The van der Waals surface area contributed by atoms with E-state index in [4.69, 9.17) is 5.41 Å². The van der Waals surface area contributed by atoms with Crippen molar-refractivity contribution in [2.75, 3.05) is 6.54 Å². The number of piperidine rings is 1. The van der Waals surface area contributed by atoms with Gasteiger partial charge < -0.3 is 9.88 Å². The van der Waals surface area contributed by atoms with E-state index in [1.54, 1.807) is 4.57 Å². The number of likely N-dealkylation sites (tertiary alicyclic amines) is 1. The lowest BCUT2D eigenvalue weighted by molar-refractivity contribution is 0.361. The molecule has 0 aliphatic carbocycles. The maximum Gasteiger partial charge on any atom is 0.354 e. The number of fused-ring (bicyclic) bond motifs is 1. The molecule has 0 spiro atoms. The highest BCUT2D eigenvalue weighted by Gasteiger charge is 2.18. The zero-order valence-electron chi connectivity index (χ0n) is 16.7. The Morgan fingerprint density at radius 3 is 2.61 bits per heavy atom. The van der Waals surface area contributed by atoms with Crippen LogP contribution in [0, 0.1) is 5.41 Å². The number of aromatic nitrogens is 3. The van der Waals surface area contributed by atoms with E-state index >= 15 is 0 Å². The first kappa shape index (κ1) is 18.5.